The van der Waals surface area contributed by atoms with E-state index in [2.05, 4.69) is 29.4 Å². The van der Waals surface area contributed by atoms with Crippen LogP contribution in [0.15, 0.2) is 42.7 Å². The number of benzene rings is 1. The Bertz CT molecular complexity index is 1010. The van der Waals surface area contributed by atoms with Crippen molar-refractivity contribution in [3.8, 4) is 11.5 Å². The van der Waals surface area contributed by atoms with Crippen molar-refractivity contribution >= 4 is 17.4 Å². The number of aryl methyl sites for hydroxylation is 1. The first-order valence-electron chi connectivity index (χ1n) is 9.56. The minimum Gasteiger partial charge on any atom is -0.342 e. The van der Waals surface area contributed by atoms with Crippen LogP contribution >= 0.6 is 0 Å². The topological polar surface area (TPSA) is 75.9 Å². The van der Waals surface area contributed by atoms with Crippen molar-refractivity contribution in [2.45, 2.75) is 32.7 Å². The van der Waals surface area contributed by atoms with Gasteiger partial charge in [-0.25, -0.2) is 4.98 Å². The van der Waals surface area contributed by atoms with Crippen LogP contribution in [0.4, 0.5) is 11.5 Å². The first kappa shape index (κ1) is 18.2. The molecule has 1 aliphatic heterocycles. The molecule has 2 aromatic heterocycles. The highest BCUT2D eigenvalue weighted by Crippen LogP contribution is 2.28. The maximum Gasteiger partial charge on any atom is 0.255 e. The molecule has 0 saturated carbocycles. The molecule has 0 spiro atoms. The minimum atomic E-state index is 0.0475. The number of carbonyl (C=O) groups excluding carboxylic acids is 1. The zero-order chi connectivity index (χ0) is 19.7. The largest absolute Gasteiger partial charge is 0.342 e. The monoisotopic (exact) mass is 376 g/mol. The van der Waals surface area contributed by atoms with E-state index in [9.17, 15) is 4.79 Å². The number of aromatic nitrogens is 4. The summed E-state index contributed by atoms with van der Waals surface area (Å²) >= 11 is 0. The zero-order valence-electron chi connectivity index (χ0n) is 16.4. The van der Waals surface area contributed by atoms with Crippen LogP contribution in [0.1, 0.15) is 42.2 Å². The average molecular weight is 376 g/mol. The summed E-state index contributed by atoms with van der Waals surface area (Å²) in [4.78, 5) is 19.4. The minimum absolute atomic E-state index is 0.0475. The third kappa shape index (κ3) is 3.35. The lowest BCUT2D eigenvalue weighted by molar-refractivity contribution is 0.0801. The van der Waals surface area contributed by atoms with Gasteiger partial charge in [-0.1, -0.05) is 18.2 Å². The molecule has 144 valence electrons. The van der Waals surface area contributed by atoms with Crippen molar-refractivity contribution in [3.05, 3.63) is 53.9 Å². The third-order valence-electron chi connectivity index (χ3n) is 5.02. The molecule has 28 heavy (non-hydrogen) atoms. The maximum atomic E-state index is 12.9. The predicted molar refractivity (Wildman–Crippen MR) is 109 cm³/mol. The number of rotatable bonds is 4. The van der Waals surface area contributed by atoms with E-state index in [0.717, 1.165) is 47.7 Å². The molecule has 7 heteroatoms. The van der Waals surface area contributed by atoms with E-state index in [1.807, 2.05) is 48.0 Å². The summed E-state index contributed by atoms with van der Waals surface area (Å²) in [6, 6.07) is 11.9. The molecule has 1 aliphatic rings. The van der Waals surface area contributed by atoms with Gasteiger partial charge in [0, 0.05) is 19.6 Å². The molecule has 0 fully saturated rings. The Morgan fingerprint density at radius 2 is 1.96 bits per heavy atom. The van der Waals surface area contributed by atoms with Crippen LogP contribution in [0.2, 0.25) is 0 Å². The van der Waals surface area contributed by atoms with Gasteiger partial charge in [-0.2, -0.15) is 0 Å². The van der Waals surface area contributed by atoms with Crippen LogP contribution in [-0.4, -0.2) is 44.1 Å². The molecule has 3 heterocycles. The number of nitrogens with one attached hydrogen (secondary N) is 1. The highest BCUT2D eigenvalue weighted by Gasteiger charge is 2.23. The predicted octanol–water partition coefficient (Wildman–Crippen LogP) is 3.68. The zero-order valence-corrected chi connectivity index (χ0v) is 16.4. The molecular formula is C21H24N6O. The van der Waals surface area contributed by atoms with Crippen LogP contribution in [0, 0.1) is 0 Å². The van der Waals surface area contributed by atoms with Gasteiger partial charge < -0.3 is 14.8 Å². The van der Waals surface area contributed by atoms with Crippen molar-refractivity contribution in [2.75, 3.05) is 18.9 Å². The normalized spacial score (nSPS) is 14.1. The second-order valence-corrected chi connectivity index (χ2v) is 7.36. The molecule has 3 aromatic rings. The fourth-order valence-electron chi connectivity index (χ4n) is 3.53. The molecule has 1 amide bonds. The number of hydrogen-bond donors (Lipinski definition) is 1. The van der Waals surface area contributed by atoms with E-state index < -0.39 is 0 Å². The van der Waals surface area contributed by atoms with Crippen molar-refractivity contribution in [1.82, 2.24) is 24.6 Å². The van der Waals surface area contributed by atoms with Gasteiger partial charge in [-0.3, -0.25) is 4.79 Å². The van der Waals surface area contributed by atoms with Crippen molar-refractivity contribution in [3.63, 3.8) is 0 Å². The molecule has 0 unspecified atom stereocenters. The number of amides is 1. The van der Waals surface area contributed by atoms with Gasteiger partial charge >= 0.3 is 0 Å². The number of fused-ring (bicyclic) bond motifs is 1. The summed E-state index contributed by atoms with van der Waals surface area (Å²) in [5, 5.41) is 11.6. The summed E-state index contributed by atoms with van der Waals surface area (Å²) in [7, 11) is 1.85. The lowest BCUT2D eigenvalue weighted by atomic mass is 10.0. The summed E-state index contributed by atoms with van der Waals surface area (Å²) in [5.41, 5.74) is 3.34. The smallest absolute Gasteiger partial charge is 0.255 e. The molecule has 0 saturated heterocycles. The fraction of sp³-hybridized carbons (Fsp3) is 0.333. The standard InChI is InChI=1S/C21H24N6O/c1-14(2)27-13-22-25-20(27)17-10-5-11-18(24-17)23-16-9-4-7-15-8-6-12-26(3)21(28)19(15)16/h4-5,7,9-11,13-14H,6,8,12H2,1-3H3,(H,23,24). The average Bonchev–Trinajstić information content (AvgIpc) is 3.13. The van der Waals surface area contributed by atoms with Crippen LogP contribution < -0.4 is 5.32 Å². The molecule has 0 aliphatic carbocycles. The van der Waals surface area contributed by atoms with Gasteiger partial charge in [-0.05, 0) is 50.5 Å². The van der Waals surface area contributed by atoms with E-state index >= 15 is 0 Å². The Kier molecular flexibility index (Phi) is 4.81. The van der Waals surface area contributed by atoms with E-state index in [0.29, 0.717) is 5.82 Å². The number of pyridine rings is 1. The summed E-state index contributed by atoms with van der Waals surface area (Å²) < 4.78 is 1.99. The SMILES string of the molecule is CC(C)n1cnnc1-c1cccc(Nc2cccc3c2C(=O)N(C)CCC3)n1. The van der Waals surface area contributed by atoms with Crippen LogP contribution in [0.5, 0.6) is 0 Å². The summed E-state index contributed by atoms with van der Waals surface area (Å²) in [5.74, 6) is 1.44. The maximum absolute atomic E-state index is 12.9. The Hall–Kier alpha value is -3.22. The lowest BCUT2D eigenvalue weighted by Crippen LogP contribution is -2.26. The van der Waals surface area contributed by atoms with E-state index in [1.54, 1.807) is 11.2 Å². The van der Waals surface area contributed by atoms with Crippen LogP contribution in [0.25, 0.3) is 11.5 Å². The van der Waals surface area contributed by atoms with Crippen molar-refractivity contribution in [2.24, 2.45) is 0 Å². The summed E-state index contributed by atoms with van der Waals surface area (Å²) in [6.45, 7) is 4.93. The number of nitrogens with zero attached hydrogens (tertiary/aromatic N) is 5. The highest BCUT2D eigenvalue weighted by atomic mass is 16.2. The second-order valence-electron chi connectivity index (χ2n) is 7.36. The Balaban J connectivity index is 1.70. The van der Waals surface area contributed by atoms with Gasteiger partial charge in [0.05, 0.1) is 11.3 Å². The molecule has 1 aromatic carbocycles. The third-order valence-corrected chi connectivity index (χ3v) is 5.02. The van der Waals surface area contributed by atoms with Gasteiger partial charge in [-0.15, -0.1) is 10.2 Å². The Morgan fingerprint density at radius 1 is 1.14 bits per heavy atom. The molecule has 0 bridgehead atoms. The van der Waals surface area contributed by atoms with Crippen LogP contribution in [0.3, 0.4) is 0 Å². The van der Waals surface area contributed by atoms with Crippen molar-refractivity contribution < 1.29 is 4.79 Å². The van der Waals surface area contributed by atoms with E-state index in [4.69, 9.17) is 4.98 Å². The molecule has 7 nitrogen and oxygen atoms in total. The molecule has 1 N–H and O–H groups in total. The number of carbonyl (C=O) groups is 1. The summed E-state index contributed by atoms with van der Waals surface area (Å²) in [6.07, 6.45) is 3.58. The van der Waals surface area contributed by atoms with Gasteiger partial charge in [0.2, 0.25) is 0 Å². The van der Waals surface area contributed by atoms with Crippen LogP contribution in [-0.2, 0) is 6.42 Å². The first-order chi connectivity index (χ1) is 13.5. The second kappa shape index (κ2) is 7.42. The van der Waals surface area contributed by atoms with E-state index in [-0.39, 0.29) is 11.9 Å². The van der Waals surface area contributed by atoms with Gasteiger partial charge in [0.15, 0.2) is 5.82 Å². The molecule has 4 rings (SSSR count). The molecular weight excluding hydrogens is 352 g/mol. The molecule has 0 atom stereocenters. The molecule has 0 radical (unpaired) electrons. The Labute approximate surface area is 164 Å². The Morgan fingerprint density at radius 3 is 2.79 bits per heavy atom. The van der Waals surface area contributed by atoms with Gasteiger partial charge in [0.25, 0.3) is 5.91 Å². The number of hydrogen-bond acceptors (Lipinski definition) is 5. The van der Waals surface area contributed by atoms with Crippen molar-refractivity contribution in [1.29, 1.82) is 0 Å². The van der Waals surface area contributed by atoms with Gasteiger partial charge in [0.1, 0.15) is 17.8 Å². The number of anilines is 2. The van der Waals surface area contributed by atoms with E-state index in [1.165, 1.54) is 0 Å². The fourth-order valence-corrected chi connectivity index (χ4v) is 3.53. The highest BCUT2D eigenvalue weighted by molar-refractivity contribution is 6.01. The quantitative estimate of drug-likeness (QED) is 0.752. The first-order valence-corrected chi connectivity index (χ1v) is 9.56. The lowest BCUT2D eigenvalue weighted by Gasteiger charge is -2.18.